The molecule has 8 heteroatoms. The molecule has 0 fully saturated rings. The van der Waals surface area contributed by atoms with Gasteiger partial charge in [-0.15, -0.1) is 0 Å². The van der Waals surface area contributed by atoms with E-state index in [1.807, 2.05) is 30.3 Å². The predicted molar refractivity (Wildman–Crippen MR) is 72.0 cm³/mol. The van der Waals surface area contributed by atoms with Gasteiger partial charge in [-0.2, -0.15) is 13.2 Å². The van der Waals surface area contributed by atoms with Gasteiger partial charge in [-0.3, -0.25) is 4.79 Å². The molecule has 0 aliphatic carbocycles. The van der Waals surface area contributed by atoms with Gasteiger partial charge in [-0.25, -0.2) is 4.98 Å². The van der Waals surface area contributed by atoms with E-state index in [9.17, 15) is 18.0 Å². The Morgan fingerprint density at radius 3 is 2.64 bits per heavy atom. The van der Waals surface area contributed by atoms with Crippen LogP contribution in [0.25, 0.3) is 0 Å². The van der Waals surface area contributed by atoms with Gasteiger partial charge >= 0.3 is 6.18 Å². The monoisotopic (exact) mass is 313 g/mol. The maximum atomic E-state index is 12.0. The summed E-state index contributed by atoms with van der Waals surface area (Å²) < 4.78 is 41.2. The largest absolute Gasteiger partial charge is 0.446 e. The number of benzene rings is 1. The SMILES string of the molecule is NC(Cc1ccccc1)c1nc(C(=O)NCC(F)(F)F)co1. The lowest BCUT2D eigenvalue weighted by molar-refractivity contribution is -0.123. The van der Waals surface area contributed by atoms with Crippen LogP contribution < -0.4 is 11.1 Å². The molecule has 3 N–H and O–H groups in total. The molecule has 1 amide bonds. The predicted octanol–water partition coefficient (Wildman–Crippen LogP) is 2.21. The lowest BCUT2D eigenvalue weighted by Crippen LogP contribution is -2.33. The first-order chi connectivity index (χ1) is 10.3. The number of oxazole rings is 1. The van der Waals surface area contributed by atoms with Crippen LogP contribution in [-0.2, 0) is 6.42 Å². The van der Waals surface area contributed by atoms with Crippen LogP contribution in [0.15, 0.2) is 41.0 Å². The molecule has 1 atom stereocenters. The Balaban J connectivity index is 1.97. The number of nitrogens with zero attached hydrogens (tertiary/aromatic N) is 1. The first-order valence-electron chi connectivity index (χ1n) is 6.45. The fourth-order valence-corrected chi connectivity index (χ4v) is 1.79. The average molecular weight is 313 g/mol. The van der Waals surface area contributed by atoms with Gasteiger partial charge < -0.3 is 15.5 Å². The van der Waals surface area contributed by atoms with E-state index in [2.05, 4.69) is 4.98 Å². The number of alkyl halides is 3. The average Bonchev–Trinajstić information content (AvgIpc) is 2.95. The number of aromatic nitrogens is 1. The number of carbonyl (C=O) groups excluding carboxylic acids is 1. The molecule has 5 nitrogen and oxygen atoms in total. The van der Waals surface area contributed by atoms with Crippen molar-refractivity contribution in [2.75, 3.05) is 6.54 Å². The molecule has 1 heterocycles. The molecule has 0 saturated heterocycles. The van der Waals surface area contributed by atoms with Crippen LogP contribution >= 0.6 is 0 Å². The molecule has 0 saturated carbocycles. The van der Waals surface area contributed by atoms with Gasteiger partial charge in [0.15, 0.2) is 5.69 Å². The minimum atomic E-state index is -4.48. The number of hydrogen-bond donors (Lipinski definition) is 2. The van der Waals surface area contributed by atoms with Crippen molar-refractivity contribution >= 4 is 5.91 Å². The maximum absolute atomic E-state index is 12.0. The van der Waals surface area contributed by atoms with Crippen LogP contribution in [0.4, 0.5) is 13.2 Å². The molecule has 1 aromatic heterocycles. The molecule has 0 bridgehead atoms. The van der Waals surface area contributed by atoms with E-state index in [1.165, 1.54) is 0 Å². The second-order valence-corrected chi connectivity index (χ2v) is 4.67. The van der Waals surface area contributed by atoms with Crippen LogP contribution in [0.3, 0.4) is 0 Å². The van der Waals surface area contributed by atoms with E-state index < -0.39 is 24.7 Å². The van der Waals surface area contributed by atoms with E-state index in [0.29, 0.717) is 6.42 Å². The number of halogens is 3. The number of nitrogens with two attached hydrogens (primary N) is 1. The normalized spacial score (nSPS) is 12.9. The highest BCUT2D eigenvalue weighted by Gasteiger charge is 2.28. The molecule has 0 spiro atoms. The summed E-state index contributed by atoms with van der Waals surface area (Å²) in [4.78, 5) is 15.3. The summed E-state index contributed by atoms with van der Waals surface area (Å²) in [5, 5.41) is 1.71. The van der Waals surface area contributed by atoms with E-state index in [4.69, 9.17) is 10.2 Å². The summed E-state index contributed by atoms with van der Waals surface area (Å²) in [6.45, 7) is -1.43. The Morgan fingerprint density at radius 2 is 2.00 bits per heavy atom. The van der Waals surface area contributed by atoms with Gasteiger partial charge in [-0.05, 0) is 12.0 Å². The fourth-order valence-electron chi connectivity index (χ4n) is 1.79. The highest BCUT2D eigenvalue weighted by atomic mass is 19.4. The van der Waals surface area contributed by atoms with Crippen LogP contribution in [0.2, 0.25) is 0 Å². The summed E-state index contributed by atoms with van der Waals surface area (Å²) in [5.41, 5.74) is 6.64. The van der Waals surface area contributed by atoms with Crippen LogP contribution in [-0.4, -0.2) is 23.6 Å². The number of nitrogens with one attached hydrogen (secondary N) is 1. The highest BCUT2D eigenvalue weighted by Crippen LogP contribution is 2.16. The lowest BCUT2D eigenvalue weighted by Gasteiger charge is -2.07. The van der Waals surface area contributed by atoms with E-state index in [0.717, 1.165) is 11.8 Å². The molecule has 2 rings (SSSR count). The third kappa shape index (κ3) is 4.59. The standard InChI is InChI=1S/C14H14F3N3O2/c15-14(16,17)8-19-12(21)11-7-22-13(20-11)10(18)6-9-4-2-1-3-5-9/h1-5,7,10H,6,8,18H2,(H,19,21). The highest BCUT2D eigenvalue weighted by molar-refractivity contribution is 5.91. The second-order valence-electron chi connectivity index (χ2n) is 4.67. The van der Waals surface area contributed by atoms with E-state index in [1.54, 1.807) is 5.32 Å². The van der Waals surface area contributed by atoms with E-state index >= 15 is 0 Å². The number of carbonyl (C=O) groups is 1. The van der Waals surface area contributed by atoms with Gasteiger partial charge in [-0.1, -0.05) is 30.3 Å². The molecule has 1 unspecified atom stereocenters. The Labute approximate surface area is 124 Å². The van der Waals surface area contributed by atoms with Gasteiger partial charge in [0.25, 0.3) is 5.91 Å². The summed E-state index contributed by atoms with van der Waals surface area (Å²) >= 11 is 0. The van der Waals surface area contributed by atoms with Crippen LogP contribution in [0.1, 0.15) is 28.0 Å². The topological polar surface area (TPSA) is 81.1 Å². The molecule has 0 aliphatic heterocycles. The molecular formula is C14H14F3N3O2. The van der Waals surface area contributed by atoms with Crippen molar-refractivity contribution in [2.24, 2.45) is 5.73 Å². The zero-order valence-electron chi connectivity index (χ0n) is 11.4. The summed E-state index contributed by atoms with van der Waals surface area (Å²) in [7, 11) is 0. The maximum Gasteiger partial charge on any atom is 0.405 e. The molecule has 0 radical (unpaired) electrons. The quantitative estimate of drug-likeness (QED) is 0.887. The Kier molecular flexibility index (Phi) is 4.81. The molecule has 2 aromatic rings. The summed E-state index contributed by atoms with van der Waals surface area (Å²) in [6.07, 6.45) is -3.05. The van der Waals surface area contributed by atoms with Crippen LogP contribution in [0.5, 0.6) is 0 Å². The van der Waals surface area contributed by atoms with Crippen molar-refractivity contribution in [3.63, 3.8) is 0 Å². The summed E-state index contributed by atoms with van der Waals surface area (Å²) in [6, 6.07) is 8.73. The van der Waals surface area contributed by atoms with Crippen molar-refractivity contribution in [3.8, 4) is 0 Å². The Bertz CT molecular complexity index is 626. The Hall–Kier alpha value is -2.35. The molecule has 0 aliphatic rings. The smallest absolute Gasteiger partial charge is 0.405 e. The number of amides is 1. The third-order valence-electron chi connectivity index (χ3n) is 2.82. The zero-order valence-corrected chi connectivity index (χ0v) is 11.4. The van der Waals surface area contributed by atoms with E-state index in [-0.39, 0.29) is 11.6 Å². The van der Waals surface area contributed by atoms with Crippen molar-refractivity contribution in [3.05, 3.63) is 53.7 Å². The molecule has 118 valence electrons. The minimum Gasteiger partial charge on any atom is -0.446 e. The second kappa shape index (κ2) is 6.61. The van der Waals surface area contributed by atoms with Crippen molar-refractivity contribution in [1.82, 2.24) is 10.3 Å². The van der Waals surface area contributed by atoms with Crippen LogP contribution in [0, 0.1) is 0 Å². The van der Waals surface area contributed by atoms with Gasteiger partial charge in [0.1, 0.15) is 12.8 Å². The van der Waals surface area contributed by atoms with Crippen molar-refractivity contribution in [2.45, 2.75) is 18.6 Å². The first kappa shape index (κ1) is 16.0. The molecular weight excluding hydrogens is 299 g/mol. The van der Waals surface area contributed by atoms with Gasteiger partial charge in [0, 0.05) is 0 Å². The summed E-state index contributed by atoms with van der Waals surface area (Å²) in [5.74, 6) is -0.861. The van der Waals surface area contributed by atoms with Gasteiger partial charge in [0.2, 0.25) is 5.89 Å². The number of rotatable bonds is 5. The fraction of sp³-hybridized carbons (Fsp3) is 0.286. The zero-order chi connectivity index (χ0) is 16.2. The minimum absolute atomic E-state index is 0.0982. The Morgan fingerprint density at radius 1 is 1.32 bits per heavy atom. The van der Waals surface area contributed by atoms with Crippen molar-refractivity contribution < 1.29 is 22.4 Å². The lowest BCUT2D eigenvalue weighted by atomic mass is 10.1. The van der Waals surface area contributed by atoms with Gasteiger partial charge in [0.05, 0.1) is 6.04 Å². The molecule has 22 heavy (non-hydrogen) atoms. The third-order valence-corrected chi connectivity index (χ3v) is 2.82. The number of hydrogen-bond acceptors (Lipinski definition) is 4. The van der Waals surface area contributed by atoms with Crippen molar-refractivity contribution in [1.29, 1.82) is 0 Å². The molecule has 1 aromatic carbocycles. The first-order valence-corrected chi connectivity index (χ1v) is 6.45.